The van der Waals surface area contributed by atoms with E-state index < -0.39 is 23.6 Å². The fourth-order valence-electron chi connectivity index (χ4n) is 2.90. The number of carbonyl (C=O) groups is 3. The lowest BCUT2D eigenvalue weighted by atomic mass is 10.1. The van der Waals surface area contributed by atoms with Gasteiger partial charge in [-0.25, -0.2) is 9.18 Å². The molecule has 0 bridgehead atoms. The van der Waals surface area contributed by atoms with Gasteiger partial charge in [-0.1, -0.05) is 24.3 Å². The summed E-state index contributed by atoms with van der Waals surface area (Å²) in [5.74, 6) is -2.48. The average molecular weight is 356 g/mol. The number of carbonyl (C=O) groups excluding carboxylic acids is 3. The molecule has 0 aromatic heterocycles. The molecule has 7 heteroatoms. The molecule has 2 aromatic rings. The van der Waals surface area contributed by atoms with E-state index in [9.17, 15) is 18.8 Å². The summed E-state index contributed by atoms with van der Waals surface area (Å²) in [6.07, 6.45) is -0.0181. The highest BCUT2D eigenvalue weighted by Crippen LogP contribution is 2.29. The van der Waals surface area contributed by atoms with Crippen molar-refractivity contribution in [3.05, 3.63) is 59.9 Å². The zero-order chi connectivity index (χ0) is 18.7. The first kappa shape index (κ1) is 17.6. The van der Waals surface area contributed by atoms with E-state index in [1.165, 1.54) is 30.2 Å². The summed E-state index contributed by atoms with van der Waals surface area (Å²) in [6, 6.07) is 12.4. The van der Waals surface area contributed by atoms with Crippen molar-refractivity contribution in [2.75, 3.05) is 23.9 Å². The van der Waals surface area contributed by atoms with Gasteiger partial charge in [-0.2, -0.15) is 0 Å². The third kappa shape index (κ3) is 3.42. The number of ether oxygens (including phenoxy) is 1. The third-order valence-electron chi connectivity index (χ3n) is 4.23. The van der Waals surface area contributed by atoms with Crippen LogP contribution in [0.5, 0.6) is 0 Å². The molecule has 0 radical (unpaired) electrons. The molecule has 6 nitrogen and oxygen atoms in total. The van der Waals surface area contributed by atoms with E-state index in [1.807, 2.05) is 0 Å². The molecule has 1 aliphatic rings. The first-order valence-corrected chi connectivity index (χ1v) is 8.04. The summed E-state index contributed by atoms with van der Waals surface area (Å²) < 4.78 is 18.4. The Morgan fingerprint density at radius 2 is 1.85 bits per heavy atom. The lowest BCUT2D eigenvalue weighted by Gasteiger charge is -2.19. The molecule has 0 saturated carbocycles. The predicted octanol–water partition coefficient (Wildman–Crippen LogP) is 2.60. The van der Waals surface area contributed by atoms with E-state index in [-0.39, 0.29) is 30.1 Å². The number of hydrogen-bond donors (Lipinski definition) is 1. The maximum atomic E-state index is 13.7. The number of esters is 1. The SMILES string of the molecule is COC(=O)c1ccccc1N1CC(C(=O)Nc2ccccc2F)CC1=O. The van der Waals surface area contributed by atoms with Gasteiger partial charge in [0.2, 0.25) is 11.8 Å². The number of methoxy groups -OCH3 is 1. The molecule has 1 fully saturated rings. The Kier molecular flexibility index (Phi) is 4.97. The van der Waals surface area contributed by atoms with Crippen LogP contribution in [0.3, 0.4) is 0 Å². The average Bonchev–Trinajstić information content (AvgIpc) is 3.04. The Morgan fingerprint density at radius 3 is 2.58 bits per heavy atom. The molecule has 26 heavy (non-hydrogen) atoms. The number of anilines is 2. The molecule has 1 unspecified atom stereocenters. The fourth-order valence-corrected chi connectivity index (χ4v) is 2.90. The highest BCUT2D eigenvalue weighted by molar-refractivity contribution is 6.07. The van der Waals surface area contributed by atoms with Crippen molar-refractivity contribution in [2.24, 2.45) is 5.92 Å². The van der Waals surface area contributed by atoms with Gasteiger partial charge in [0, 0.05) is 13.0 Å². The van der Waals surface area contributed by atoms with Crippen molar-refractivity contribution in [1.82, 2.24) is 0 Å². The molecule has 1 aliphatic heterocycles. The molecule has 0 aliphatic carbocycles. The molecule has 1 heterocycles. The Bertz CT molecular complexity index is 868. The summed E-state index contributed by atoms with van der Waals surface area (Å²) >= 11 is 0. The lowest BCUT2D eigenvalue weighted by Crippen LogP contribution is -2.29. The number of nitrogens with one attached hydrogen (secondary N) is 1. The van der Waals surface area contributed by atoms with E-state index in [1.54, 1.807) is 30.3 Å². The number of halogens is 1. The molecule has 2 amide bonds. The van der Waals surface area contributed by atoms with Crippen LogP contribution in [0, 0.1) is 11.7 Å². The quantitative estimate of drug-likeness (QED) is 0.855. The van der Waals surface area contributed by atoms with Crippen molar-refractivity contribution < 1.29 is 23.5 Å². The fraction of sp³-hybridized carbons (Fsp3) is 0.211. The second-order valence-corrected chi connectivity index (χ2v) is 5.88. The van der Waals surface area contributed by atoms with Crippen LogP contribution in [0.4, 0.5) is 15.8 Å². The van der Waals surface area contributed by atoms with Gasteiger partial charge in [0.15, 0.2) is 0 Å². The van der Waals surface area contributed by atoms with Crippen molar-refractivity contribution in [1.29, 1.82) is 0 Å². The molecule has 2 aromatic carbocycles. The number of hydrogen-bond acceptors (Lipinski definition) is 4. The van der Waals surface area contributed by atoms with Crippen LogP contribution in [-0.4, -0.2) is 31.4 Å². The minimum atomic E-state index is -0.646. The summed E-state index contributed by atoms with van der Waals surface area (Å²) in [5, 5.41) is 2.51. The van der Waals surface area contributed by atoms with E-state index in [0.717, 1.165) is 0 Å². The number of para-hydroxylation sites is 2. The number of rotatable bonds is 4. The number of amides is 2. The Balaban J connectivity index is 1.78. The van der Waals surface area contributed by atoms with Crippen LogP contribution in [0.2, 0.25) is 0 Å². The van der Waals surface area contributed by atoms with Gasteiger partial charge in [-0.15, -0.1) is 0 Å². The monoisotopic (exact) mass is 356 g/mol. The normalized spacial score (nSPS) is 16.5. The van der Waals surface area contributed by atoms with E-state index in [4.69, 9.17) is 4.74 Å². The van der Waals surface area contributed by atoms with Gasteiger partial charge >= 0.3 is 5.97 Å². The van der Waals surface area contributed by atoms with Gasteiger partial charge in [-0.05, 0) is 24.3 Å². The highest BCUT2D eigenvalue weighted by atomic mass is 19.1. The van der Waals surface area contributed by atoms with Crippen molar-refractivity contribution in [2.45, 2.75) is 6.42 Å². The van der Waals surface area contributed by atoms with E-state index in [0.29, 0.717) is 5.69 Å². The maximum Gasteiger partial charge on any atom is 0.339 e. The molecule has 1 N–H and O–H groups in total. The molecule has 3 rings (SSSR count). The van der Waals surface area contributed by atoms with Crippen LogP contribution < -0.4 is 10.2 Å². The largest absolute Gasteiger partial charge is 0.465 e. The van der Waals surface area contributed by atoms with Gasteiger partial charge in [0.05, 0.1) is 30.0 Å². The molecular weight excluding hydrogens is 339 g/mol. The van der Waals surface area contributed by atoms with Gasteiger partial charge in [0.25, 0.3) is 0 Å². The molecule has 1 atom stereocenters. The lowest BCUT2D eigenvalue weighted by molar-refractivity contribution is -0.122. The molecule has 1 saturated heterocycles. The summed E-state index contributed by atoms with van der Waals surface area (Å²) in [6.45, 7) is 0.104. The zero-order valence-corrected chi connectivity index (χ0v) is 14.1. The summed E-state index contributed by atoms with van der Waals surface area (Å²) in [5.41, 5.74) is 0.711. The highest BCUT2D eigenvalue weighted by Gasteiger charge is 2.36. The smallest absolute Gasteiger partial charge is 0.339 e. The van der Waals surface area contributed by atoms with E-state index >= 15 is 0 Å². The Morgan fingerprint density at radius 1 is 1.15 bits per heavy atom. The van der Waals surface area contributed by atoms with Crippen LogP contribution in [0.25, 0.3) is 0 Å². The van der Waals surface area contributed by atoms with Gasteiger partial charge in [-0.3, -0.25) is 9.59 Å². The van der Waals surface area contributed by atoms with Gasteiger partial charge in [0.1, 0.15) is 5.82 Å². The van der Waals surface area contributed by atoms with Crippen molar-refractivity contribution in [3.8, 4) is 0 Å². The van der Waals surface area contributed by atoms with Crippen LogP contribution in [0.1, 0.15) is 16.8 Å². The second-order valence-electron chi connectivity index (χ2n) is 5.88. The molecule has 134 valence electrons. The Hall–Kier alpha value is -3.22. The summed E-state index contributed by atoms with van der Waals surface area (Å²) in [4.78, 5) is 38.1. The molecular formula is C19H17FN2O4. The van der Waals surface area contributed by atoms with Gasteiger partial charge < -0.3 is 15.0 Å². The Labute approximate surface area is 149 Å². The van der Waals surface area contributed by atoms with Crippen molar-refractivity contribution >= 4 is 29.2 Å². The second kappa shape index (κ2) is 7.35. The minimum Gasteiger partial charge on any atom is -0.465 e. The van der Waals surface area contributed by atoms with E-state index in [2.05, 4.69) is 5.32 Å². The molecule has 0 spiro atoms. The first-order chi connectivity index (χ1) is 12.5. The standard InChI is InChI=1S/C19H17FN2O4/c1-26-19(25)13-6-2-5-9-16(13)22-11-12(10-17(22)23)18(24)21-15-8-4-3-7-14(15)20/h2-9,12H,10-11H2,1H3,(H,21,24). The number of nitrogens with zero attached hydrogens (tertiary/aromatic N) is 1. The third-order valence-corrected chi connectivity index (χ3v) is 4.23. The minimum absolute atomic E-state index is 0.0181. The van der Waals surface area contributed by atoms with Crippen molar-refractivity contribution in [3.63, 3.8) is 0 Å². The summed E-state index contributed by atoms with van der Waals surface area (Å²) in [7, 11) is 1.26. The first-order valence-electron chi connectivity index (χ1n) is 8.04. The zero-order valence-electron chi connectivity index (χ0n) is 14.1. The number of benzene rings is 2. The predicted molar refractivity (Wildman–Crippen MR) is 93.3 cm³/mol. The topological polar surface area (TPSA) is 75.7 Å². The van der Waals surface area contributed by atoms with Crippen LogP contribution in [-0.2, 0) is 14.3 Å². The maximum absolute atomic E-state index is 13.7. The van der Waals surface area contributed by atoms with Crippen LogP contribution in [0.15, 0.2) is 48.5 Å². The van der Waals surface area contributed by atoms with Crippen LogP contribution >= 0.6 is 0 Å².